The number of phenolic OH excluding ortho intramolecular Hbond substituents is 1. The first-order valence-electron chi connectivity index (χ1n) is 7.19. The van der Waals surface area contributed by atoms with E-state index in [-0.39, 0.29) is 24.7 Å². The number of carbonyl (C=O) groups is 2. The van der Waals surface area contributed by atoms with Gasteiger partial charge in [0.25, 0.3) is 5.91 Å². The Bertz CT molecular complexity index is 746. The van der Waals surface area contributed by atoms with Crippen LogP contribution in [-0.2, 0) is 11.3 Å². The number of aromatic hydroxyl groups is 1. The molecule has 1 amide bonds. The summed E-state index contributed by atoms with van der Waals surface area (Å²) in [5, 5.41) is 23.7. The van der Waals surface area contributed by atoms with Gasteiger partial charge in [-0.25, -0.2) is 0 Å². The van der Waals surface area contributed by atoms with Crippen LogP contribution < -0.4 is 15.4 Å². The molecule has 0 saturated carbocycles. The van der Waals surface area contributed by atoms with Gasteiger partial charge in [0.2, 0.25) is 0 Å². The standard InChI is InChI=1S/C17H18N2O5/c1-24-15-7-11(5-6-14(15)20)9-19-17(23)12-3-2-4-13(8-12)18-10-16(21)22/h2-8,18,20H,9-10H2,1H3,(H,19,23)(H,21,22). The van der Waals surface area contributed by atoms with Crippen LogP contribution in [0.25, 0.3) is 0 Å². The van der Waals surface area contributed by atoms with Gasteiger partial charge in [0.15, 0.2) is 11.5 Å². The number of hydrogen-bond donors (Lipinski definition) is 4. The predicted molar refractivity (Wildman–Crippen MR) is 88.4 cm³/mol. The molecule has 2 aromatic carbocycles. The van der Waals surface area contributed by atoms with Gasteiger partial charge in [-0.3, -0.25) is 9.59 Å². The van der Waals surface area contributed by atoms with Crippen LogP contribution in [-0.4, -0.2) is 35.7 Å². The molecule has 0 saturated heterocycles. The molecule has 0 spiro atoms. The molecule has 7 heteroatoms. The van der Waals surface area contributed by atoms with Crippen LogP contribution in [0, 0.1) is 0 Å². The van der Waals surface area contributed by atoms with Gasteiger partial charge in [0.05, 0.1) is 7.11 Å². The minimum Gasteiger partial charge on any atom is -0.504 e. The van der Waals surface area contributed by atoms with Crippen molar-refractivity contribution in [3.05, 3.63) is 53.6 Å². The van der Waals surface area contributed by atoms with E-state index in [4.69, 9.17) is 9.84 Å². The highest BCUT2D eigenvalue weighted by Crippen LogP contribution is 2.26. The minimum absolute atomic E-state index is 0.0322. The molecule has 0 aliphatic rings. The van der Waals surface area contributed by atoms with Gasteiger partial charge in [-0.15, -0.1) is 0 Å². The van der Waals surface area contributed by atoms with Gasteiger partial charge in [0, 0.05) is 17.8 Å². The number of nitrogens with one attached hydrogen (secondary N) is 2. The number of carbonyl (C=O) groups excluding carboxylic acids is 1. The van der Waals surface area contributed by atoms with E-state index in [0.717, 1.165) is 5.56 Å². The number of carboxylic acid groups (broad SMARTS) is 1. The summed E-state index contributed by atoms with van der Waals surface area (Å²) in [4.78, 5) is 22.8. The summed E-state index contributed by atoms with van der Waals surface area (Å²) >= 11 is 0. The summed E-state index contributed by atoms with van der Waals surface area (Å²) in [5.74, 6) is -0.904. The summed E-state index contributed by atoms with van der Waals surface area (Å²) in [7, 11) is 1.45. The molecule has 7 nitrogen and oxygen atoms in total. The molecular formula is C17H18N2O5. The molecule has 0 atom stereocenters. The number of ether oxygens (including phenoxy) is 1. The number of rotatable bonds is 7. The third-order valence-corrected chi connectivity index (χ3v) is 3.27. The highest BCUT2D eigenvalue weighted by atomic mass is 16.5. The van der Waals surface area contributed by atoms with Crippen LogP contribution in [0.15, 0.2) is 42.5 Å². The zero-order valence-electron chi connectivity index (χ0n) is 13.1. The van der Waals surface area contributed by atoms with Crippen LogP contribution in [0.5, 0.6) is 11.5 Å². The van der Waals surface area contributed by atoms with Crippen molar-refractivity contribution in [1.82, 2.24) is 5.32 Å². The number of hydrogen-bond acceptors (Lipinski definition) is 5. The zero-order chi connectivity index (χ0) is 17.5. The molecule has 0 fully saturated rings. The topological polar surface area (TPSA) is 108 Å². The average molecular weight is 330 g/mol. The summed E-state index contributed by atoms with van der Waals surface area (Å²) in [5.41, 5.74) is 1.74. The van der Waals surface area contributed by atoms with Gasteiger partial charge >= 0.3 is 5.97 Å². The van der Waals surface area contributed by atoms with Gasteiger partial charge in [-0.1, -0.05) is 12.1 Å². The molecule has 0 heterocycles. The first-order chi connectivity index (χ1) is 11.5. The number of phenols is 1. The highest BCUT2D eigenvalue weighted by molar-refractivity contribution is 5.95. The Hall–Kier alpha value is -3.22. The van der Waals surface area contributed by atoms with E-state index in [1.807, 2.05) is 0 Å². The van der Waals surface area contributed by atoms with E-state index in [2.05, 4.69) is 10.6 Å². The lowest BCUT2D eigenvalue weighted by molar-refractivity contribution is -0.134. The third kappa shape index (κ3) is 4.64. The van der Waals surface area contributed by atoms with Gasteiger partial charge in [-0.2, -0.15) is 0 Å². The van der Waals surface area contributed by atoms with Gasteiger partial charge in [0.1, 0.15) is 6.54 Å². The quantitative estimate of drug-likeness (QED) is 0.617. The fourth-order valence-electron chi connectivity index (χ4n) is 2.06. The maximum Gasteiger partial charge on any atom is 0.322 e. The molecule has 24 heavy (non-hydrogen) atoms. The Kier molecular flexibility index (Phi) is 5.62. The van der Waals surface area contributed by atoms with Crippen molar-refractivity contribution in [3.8, 4) is 11.5 Å². The number of aliphatic carboxylic acids is 1. The molecule has 2 aromatic rings. The molecule has 0 aliphatic heterocycles. The second kappa shape index (κ2) is 7.87. The van der Waals surface area contributed by atoms with E-state index in [1.54, 1.807) is 36.4 Å². The minimum atomic E-state index is -0.980. The number of benzene rings is 2. The number of carboxylic acids is 1. The molecule has 2 rings (SSSR count). The lowest BCUT2D eigenvalue weighted by atomic mass is 10.1. The first-order valence-corrected chi connectivity index (χ1v) is 7.19. The van der Waals surface area contributed by atoms with E-state index >= 15 is 0 Å². The second-order valence-corrected chi connectivity index (χ2v) is 5.02. The molecule has 4 N–H and O–H groups in total. The van der Waals surface area contributed by atoms with Gasteiger partial charge in [-0.05, 0) is 35.9 Å². The fraction of sp³-hybridized carbons (Fsp3) is 0.176. The monoisotopic (exact) mass is 330 g/mol. The SMILES string of the molecule is COc1cc(CNC(=O)c2cccc(NCC(=O)O)c2)ccc1O. The molecule has 126 valence electrons. The Morgan fingerprint density at radius 3 is 2.67 bits per heavy atom. The Morgan fingerprint density at radius 2 is 1.96 bits per heavy atom. The lowest BCUT2D eigenvalue weighted by Crippen LogP contribution is -2.23. The van der Waals surface area contributed by atoms with E-state index in [1.165, 1.54) is 13.2 Å². The van der Waals surface area contributed by atoms with E-state index < -0.39 is 5.97 Å². The lowest BCUT2D eigenvalue weighted by Gasteiger charge is -2.09. The smallest absolute Gasteiger partial charge is 0.322 e. The van der Waals surface area contributed by atoms with Crippen molar-refractivity contribution >= 4 is 17.6 Å². The number of methoxy groups -OCH3 is 1. The number of amides is 1. The molecule has 0 bridgehead atoms. The van der Waals surface area contributed by atoms with Crippen LogP contribution in [0.2, 0.25) is 0 Å². The van der Waals surface area contributed by atoms with Crippen molar-refractivity contribution in [2.45, 2.75) is 6.54 Å². The summed E-state index contributed by atoms with van der Waals surface area (Å²) in [6.07, 6.45) is 0. The highest BCUT2D eigenvalue weighted by Gasteiger charge is 2.08. The van der Waals surface area contributed by atoms with Crippen molar-refractivity contribution in [1.29, 1.82) is 0 Å². The Balaban J connectivity index is 1.99. The maximum atomic E-state index is 12.2. The Labute approximate surface area is 138 Å². The third-order valence-electron chi connectivity index (χ3n) is 3.27. The van der Waals surface area contributed by atoms with Crippen LogP contribution >= 0.6 is 0 Å². The predicted octanol–water partition coefficient (Wildman–Crippen LogP) is 1.83. The second-order valence-electron chi connectivity index (χ2n) is 5.02. The van der Waals surface area contributed by atoms with Crippen LogP contribution in [0.3, 0.4) is 0 Å². The van der Waals surface area contributed by atoms with Gasteiger partial charge < -0.3 is 25.6 Å². The fourth-order valence-corrected chi connectivity index (χ4v) is 2.06. The van der Waals surface area contributed by atoms with Crippen molar-refractivity contribution in [2.24, 2.45) is 0 Å². The summed E-state index contributed by atoms with van der Waals surface area (Å²) in [6, 6.07) is 11.4. The summed E-state index contributed by atoms with van der Waals surface area (Å²) in [6.45, 7) is 0.0423. The van der Waals surface area contributed by atoms with E-state index in [9.17, 15) is 14.7 Å². The van der Waals surface area contributed by atoms with Crippen molar-refractivity contribution in [3.63, 3.8) is 0 Å². The maximum absolute atomic E-state index is 12.2. The normalized spacial score (nSPS) is 10.0. The largest absolute Gasteiger partial charge is 0.504 e. The molecule has 0 aliphatic carbocycles. The average Bonchev–Trinajstić information content (AvgIpc) is 2.59. The number of anilines is 1. The van der Waals surface area contributed by atoms with Crippen LogP contribution in [0.1, 0.15) is 15.9 Å². The molecule has 0 radical (unpaired) electrons. The molecule has 0 unspecified atom stereocenters. The van der Waals surface area contributed by atoms with Crippen LogP contribution in [0.4, 0.5) is 5.69 Å². The Morgan fingerprint density at radius 1 is 1.17 bits per heavy atom. The summed E-state index contributed by atoms with van der Waals surface area (Å²) < 4.78 is 5.02. The van der Waals surface area contributed by atoms with Crippen molar-refractivity contribution in [2.75, 3.05) is 19.0 Å². The molecule has 0 aromatic heterocycles. The van der Waals surface area contributed by atoms with Crippen molar-refractivity contribution < 1.29 is 24.5 Å². The first kappa shape index (κ1) is 17.1. The zero-order valence-corrected chi connectivity index (χ0v) is 13.1. The molecular weight excluding hydrogens is 312 g/mol. The van der Waals surface area contributed by atoms with E-state index in [0.29, 0.717) is 17.0 Å².